The van der Waals surface area contributed by atoms with Gasteiger partial charge in [-0.15, -0.1) is 0 Å². The summed E-state index contributed by atoms with van der Waals surface area (Å²) in [6, 6.07) is 13.6. The second-order valence-electron chi connectivity index (χ2n) is 5.27. The molecule has 0 fully saturated rings. The highest BCUT2D eigenvalue weighted by Gasteiger charge is 2.14. The van der Waals surface area contributed by atoms with E-state index in [0.717, 1.165) is 22.4 Å². The molecule has 0 atom stereocenters. The summed E-state index contributed by atoms with van der Waals surface area (Å²) in [5, 5.41) is 16.8. The summed E-state index contributed by atoms with van der Waals surface area (Å²) < 4.78 is 10.7. The molecule has 1 heterocycles. The minimum absolute atomic E-state index is 0.0511. The molecule has 5 nitrogen and oxygen atoms in total. The van der Waals surface area contributed by atoms with Crippen LogP contribution in [-0.4, -0.2) is 16.4 Å². The summed E-state index contributed by atoms with van der Waals surface area (Å²) in [5.74, 6) is 0.757. The molecule has 3 aromatic rings. The minimum Gasteiger partial charge on any atom is -0.490 e. The van der Waals surface area contributed by atoms with Crippen molar-refractivity contribution >= 4 is 11.0 Å². The number of hydrogen-bond acceptors (Lipinski definition) is 5. The molecule has 0 N–H and O–H groups in total. The van der Waals surface area contributed by atoms with E-state index in [1.165, 1.54) is 0 Å². The normalized spacial score (nSPS) is 10.8. The highest BCUT2D eigenvalue weighted by molar-refractivity contribution is 5.92. The standard InChI is InChI=1S/C17H15N3O2/c1-11(2)21-16-7-6-12(8-9-18)10-14(16)13-4-3-5-15-17(13)20-22-19-15/h3-7,10-11H,8H2,1-2H3. The summed E-state index contributed by atoms with van der Waals surface area (Å²) in [6.07, 6.45) is 0.400. The van der Waals surface area contributed by atoms with Crippen LogP contribution in [0.2, 0.25) is 0 Å². The van der Waals surface area contributed by atoms with E-state index < -0.39 is 0 Å². The fourth-order valence-corrected chi connectivity index (χ4v) is 2.37. The van der Waals surface area contributed by atoms with Gasteiger partial charge in [0, 0.05) is 11.1 Å². The third-order valence-electron chi connectivity index (χ3n) is 3.27. The average Bonchev–Trinajstić information content (AvgIpc) is 2.97. The van der Waals surface area contributed by atoms with Crippen LogP contribution in [0.1, 0.15) is 19.4 Å². The van der Waals surface area contributed by atoms with Crippen molar-refractivity contribution in [2.75, 3.05) is 0 Å². The fraction of sp³-hybridized carbons (Fsp3) is 0.235. The third kappa shape index (κ3) is 2.63. The molecule has 3 rings (SSSR count). The highest BCUT2D eigenvalue weighted by Crippen LogP contribution is 2.35. The molecule has 0 spiro atoms. The van der Waals surface area contributed by atoms with Crippen LogP contribution < -0.4 is 4.74 Å². The van der Waals surface area contributed by atoms with Gasteiger partial charge in [0.25, 0.3) is 0 Å². The number of aromatic nitrogens is 2. The summed E-state index contributed by atoms with van der Waals surface area (Å²) in [4.78, 5) is 0. The first-order valence-electron chi connectivity index (χ1n) is 7.07. The smallest absolute Gasteiger partial charge is 0.143 e. The summed E-state index contributed by atoms with van der Waals surface area (Å²) >= 11 is 0. The van der Waals surface area contributed by atoms with Gasteiger partial charge in [-0.2, -0.15) is 5.26 Å². The number of fused-ring (bicyclic) bond motifs is 1. The zero-order valence-electron chi connectivity index (χ0n) is 12.4. The Morgan fingerprint density at radius 3 is 2.82 bits per heavy atom. The van der Waals surface area contributed by atoms with Crippen molar-refractivity contribution in [3.05, 3.63) is 42.0 Å². The zero-order valence-corrected chi connectivity index (χ0v) is 12.4. The molecule has 5 heteroatoms. The number of nitrogens with zero attached hydrogens (tertiary/aromatic N) is 3. The molecule has 0 unspecified atom stereocenters. The van der Waals surface area contributed by atoms with E-state index in [-0.39, 0.29) is 6.10 Å². The van der Waals surface area contributed by atoms with Gasteiger partial charge in [0.1, 0.15) is 16.8 Å². The number of ether oxygens (including phenoxy) is 1. The minimum atomic E-state index is 0.0511. The maximum atomic E-state index is 8.92. The van der Waals surface area contributed by atoms with Gasteiger partial charge in [0.15, 0.2) is 0 Å². The lowest BCUT2D eigenvalue weighted by atomic mass is 9.99. The summed E-state index contributed by atoms with van der Waals surface area (Å²) in [5.41, 5.74) is 4.09. The molecule has 0 aliphatic carbocycles. The first kappa shape index (κ1) is 14.1. The number of nitriles is 1. The Kier molecular flexibility index (Phi) is 3.75. The molecule has 2 aromatic carbocycles. The van der Waals surface area contributed by atoms with Gasteiger partial charge in [0.2, 0.25) is 0 Å². The monoisotopic (exact) mass is 293 g/mol. The number of rotatable bonds is 4. The van der Waals surface area contributed by atoms with Crippen LogP contribution in [0.15, 0.2) is 41.0 Å². The largest absolute Gasteiger partial charge is 0.490 e. The van der Waals surface area contributed by atoms with E-state index in [1.807, 2.05) is 50.2 Å². The molecule has 0 saturated carbocycles. The first-order valence-corrected chi connectivity index (χ1v) is 7.07. The van der Waals surface area contributed by atoms with Gasteiger partial charge in [-0.3, -0.25) is 0 Å². The van der Waals surface area contributed by atoms with E-state index in [0.29, 0.717) is 17.5 Å². The van der Waals surface area contributed by atoms with Crippen molar-refractivity contribution in [2.24, 2.45) is 0 Å². The molecular formula is C17H15N3O2. The molecule has 0 saturated heterocycles. The Labute approximate surface area is 128 Å². The van der Waals surface area contributed by atoms with Gasteiger partial charge in [0.05, 0.1) is 18.6 Å². The van der Waals surface area contributed by atoms with E-state index in [1.54, 1.807) is 0 Å². The Balaban J connectivity index is 2.20. The summed E-state index contributed by atoms with van der Waals surface area (Å²) in [6.45, 7) is 3.95. The van der Waals surface area contributed by atoms with Gasteiger partial charge in [-0.05, 0) is 47.9 Å². The molecule has 0 aliphatic rings. The number of hydrogen-bond donors (Lipinski definition) is 0. The van der Waals surface area contributed by atoms with Crippen LogP contribution in [0.3, 0.4) is 0 Å². The van der Waals surface area contributed by atoms with Gasteiger partial charge < -0.3 is 4.74 Å². The van der Waals surface area contributed by atoms with Crippen LogP contribution in [0.25, 0.3) is 22.2 Å². The lowest BCUT2D eigenvalue weighted by Gasteiger charge is -2.15. The van der Waals surface area contributed by atoms with E-state index >= 15 is 0 Å². The van der Waals surface area contributed by atoms with Crippen LogP contribution >= 0.6 is 0 Å². The molecule has 0 amide bonds. The Morgan fingerprint density at radius 1 is 1.18 bits per heavy atom. The Hall–Kier alpha value is -2.87. The van der Waals surface area contributed by atoms with Crippen molar-refractivity contribution in [1.29, 1.82) is 5.26 Å². The fourth-order valence-electron chi connectivity index (χ4n) is 2.37. The lowest BCUT2D eigenvalue weighted by Crippen LogP contribution is -2.06. The average molecular weight is 293 g/mol. The Morgan fingerprint density at radius 2 is 2.05 bits per heavy atom. The van der Waals surface area contributed by atoms with E-state index in [4.69, 9.17) is 14.6 Å². The molecule has 1 aromatic heterocycles. The van der Waals surface area contributed by atoms with Crippen molar-refractivity contribution in [2.45, 2.75) is 26.4 Å². The van der Waals surface area contributed by atoms with Crippen LogP contribution in [0.5, 0.6) is 5.75 Å². The third-order valence-corrected chi connectivity index (χ3v) is 3.27. The van der Waals surface area contributed by atoms with E-state index in [2.05, 4.69) is 16.4 Å². The highest BCUT2D eigenvalue weighted by atomic mass is 16.6. The second kappa shape index (κ2) is 5.86. The molecule has 22 heavy (non-hydrogen) atoms. The van der Waals surface area contributed by atoms with Gasteiger partial charge in [-0.25, -0.2) is 4.63 Å². The summed E-state index contributed by atoms with van der Waals surface area (Å²) in [7, 11) is 0. The molecule has 0 bridgehead atoms. The number of benzene rings is 2. The topological polar surface area (TPSA) is 71.9 Å². The maximum absolute atomic E-state index is 8.92. The molecule has 0 aliphatic heterocycles. The van der Waals surface area contributed by atoms with Crippen LogP contribution in [0.4, 0.5) is 0 Å². The zero-order chi connectivity index (χ0) is 15.5. The quantitative estimate of drug-likeness (QED) is 0.732. The molecule has 110 valence electrons. The van der Waals surface area contributed by atoms with Crippen LogP contribution in [-0.2, 0) is 6.42 Å². The maximum Gasteiger partial charge on any atom is 0.143 e. The first-order chi connectivity index (χ1) is 10.7. The molecule has 0 radical (unpaired) electrons. The predicted octanol–water partition coefficient (Wildman–Crippen LogP) is 3.74. The van der Waals surface area contributed by atoms with Crippen molar-refractivity contribution in [3.63, 3.8) is 0 Å². The molecular weight excluding hydrogens is 278 g/mol. The SMILES string of the molecule is CC(C)Oc1ccc(CC#N)cc1-c1cccc2nonc12. The van der Waals surface area contributed by atoms with Crippen molar-refractivity contribution in [3.8, 4) is 22.9 Å². The Bertz CT molecular complexity index is 846. The van der Waals surface area contributed by atoms with Gasteiger partial charge in [-0.1, -0.05) is 18.2 Å². The van der Waals surface area contributed by atoms with Crippen LogP contribution in [0, 0.1) is 11.3 Å². The van der Waals surface area contributed by atoms with Crippen molar-refractivity contribution in [1.82, 2.24) is 10.3 Å². The second-order valence-corrected chi connectivity index (χ2v) is 5.27. The van der Waals surface area contributed by atoms with Crippen molar-refractivity contribution < 1.29 is 9.37 Å². The van der Waals surface area contributed by atoms with E-state index in [9.17, 15) is 0 Å². The lowest BCUT2D eigenvalue weighted by molar-refractivity contribution is 0.243. The van der Waals surface area contributed by atoms with Gasteiger partial charge >= 0.3 is 0 Å². The predicted molar refractivity (Wildman–Crippen MR) is 82.3 cm³/mol.